The van der Waals surface area contributed by atoms with E-state index in [1.54, 1.807) is 17.9 Å². The number of hydrogen-bond donors (Lipinski definition) is 1. The molecule has 0 saturated carbocycles. The molecule has 0 bridgehead atoms. The monoisotopic (exact) mass is 193 g/mol. The second kappa shape index (κ2) is 4.09. The van der Waals surface area contributed by atoms with Gasteiger partial charge in [0.2, 0.25) is 0 Å². The third-order valence-corrected chi connectivity index (χ3v) is 1.88. The minimum Gasteiger partial charge on any atom is -0.366 e. The van der Waals surface area contributed by atoms with Crippen molar-refractivity contribution in [2.75, 3.05) is 11.9 Å². The maximum absolute atomic E-state index is 11.2. The third kappa shape index (κ3) is 2.22. The number of aromatic nitrogens is 2. The molecule has 0 unspecified atom stereocenters. The molecule has 4 nitrogen and oxygen atoms in total. The molecule has 0 aliphatic heterocycles. The van der Waals surface area contributed by atoms with E-state index in [-0.39, 0.29) is 5.78 Å². The van der Waals surface area contributed by atoms with E-state index in [0.29, 0.717) is 12.1 Å². The van der Waals surface area contributed by atoms with Gasteiger partial charge in [-0.25, -0.2) is 0 Å². The Morgan fingerprint density at radius 1 is 1.64 bits per heavy atom. The molecule has 14 heavy (non-hydrogen) atoms. The second-order valence-electron chi connectivity index (χ2n) is 3.40. The number of carbonyl (C=O) groups is 1. The second-order valence-corrected chi connectivity index (χ2v) is 3.40. The first-order valence-electron chi connectivity index (χ1n) is 4.43. The van der Waals surface area contributed by atoms with Gasteiger partial charge in [0.05, 0.1) is 11.8 Å². The largest absolute Gasteiger partial charge is 0.366 e. The Balaban J connectivity index is 2.88. The number of nitrogens with one attached hydrogen (secondary N) is 1. The van der Waals surface area contributed by atoms with Crippen LogP contribution in [0.5, 0.6) is 0 Å². The van der Waals surface area contributed by atoms with E-state index in [1.165, 1.54) is 6.92 Å². The maximum Gasteiger partial charge on any atom is 0.165 e. The molecule has 0 aliphatic rings. The van der Waals surface area contributed by atoms with Gasteiger partial charge in [-0.05, 0) is 13.8 Å². The number of rotatable bonds is 4. The summed E-state index contributed by atoms with van der Waals surface area (Å²) in [6, 6.07) is 0. The van der Waals surface area contributed by atoms with Crippen LogP contribution >= 0.6 is 0 Å². The van der Waals surface area contributed by atoms with Crippen molar-refractivity contribution in [3.8, 4) is 0 Å². The van der Waals surface area contributed by atoms with E-state index in [1.807, 2.05) is 6.92 Å². The minimum atomic E-state index is 0.0160. The van der Waals surface area contributed by atoms with Crippen molar-refractivity contribution in [1.29, 1.82) is 0 Å². The van der Waals surface area contributed by atoms with Crippen LogP contribution in [0.15, 0.2) is 18.3 Å². The number of ketones is 1. The average Bonchev–Trinajstić information content (AvgIpc) is 2.43. The Labute approximate surface area is 83.6 Å². The summed E-state index contributed by atoms with van der Waals surface area (Å²) >= 11 is 0. The van der Waals surface area contributed by atoms with E-state index in [4.69, 9.17) is 0 Å². The molecular weight excluding hydrogens is 178 g/mol. The lowest BCUT2D eigenvalue weighted by Crippen LogP contribution is -2.09. The molecular formula is C10H15N3O. The normalized spacial score (nSPS) is 9.93. The molecule has 0 amide bonds. The van der Waals surface area contributed by atoms with Crippen LogP contribution in [-0.2, 0) is 7.05 Å². The average molecular weight is 193 g/mol. The van der Waals surface area contributed by atoms with Crippen molar-refractivity contribution in [3.05, 3.63) is 23.9 Å². The molecule has 1 N–H and O–H groups in total. The Kier molecular flexibility index (Phi) is 3.06. The molecule has 76 valence electrons. The van der Waals surface area contributed by atoms with Crippen LogP contribution in [0.4, 0.5) is 5.82 Å². The molecule has 0 radical (unpaired) electrons. The predicted molar refractivity (Wildman–Crippen MR) is 56.5 cm³/mol. The zero-order valence-corrected chi connectivity index (χ0v) is 8.79. The molecule has 0 aliphatic carbocycles. The highest BCUT2D eigenvalue weighted by molar-refractivity contribution is 5.98. The first-order valence-corrected chi connectivity index (χ1v) is 4.43. The van der Waals surface area contributed by atoms with Gasteiger partial charge in [-0.15, -0.1) is 0 Å². The number of nitrogens with zero attached hydrogens (tertiary/aromatic N) is 2. The van der Waals surface area contributed by atoms with Gasteiger partial charge in [-0.1, -0.05) is 12.2 Å². The van der Waals surface area contributed by atoms with E-state index in [2.05, 4.69) is 17.0 Å². The van der Waals surface area contributed by atoms with Crippen molar-refractivity contribution >= 4 is 11.6 Å². The van der Waals surface area contributed by atoms with Crippen molar-refractivity contribution in [3.63, 3.8) is 0 Å². The Bertz CT molecular complexity index is 365. The number of hydrogen-bond acceptors (Lipinski definition) is 3. The number of anilines is 1. The smallest absolute Gasteiger partial charge is 0.165 e. The molecule has 0 fully saturated rings. The highest BCUT2D eigenvalue weighted by Gasteiger charge is 2.11. The van der Waals surface area contributed by atoms with Gasteiger partial charge in [0, 0.05) is 13.6 Å². The fourth-order valence-corrected chi connectivity index (χ4v) is 1.14. The topological polar surface area (TPSA) is 46.9 Å². The summed E-state index contributed by atoms with van der Waals surface area (Å²) in [4.78, 5) is 11.2. The van der Waals surface area contributed by atoms with E-state index in [0.717, 1.165) is 11.4 Å². The molecule has 0 saturated heterocycles. The van der Waals surface area contributed by atoms with Crippen molar-refractivity contribution < 1.29 is 4.79 Å². The molecule has 0 aromatic carbocycles. The standard InChI is InChI=1S/C10H15N3O/c1-7(2)5-11-10-9(8(3)14)6-12-13(10)4/h6,11H,1,5H2,2-4H3. The minimum absolute atomic E-state index is 0.0160. The lowest BCUT2D eigenvalue weighted by Gasteiger charge is -2.07. The zero-order valence-electron chi connectivity index (χ0n) is 8.79. The van der Waals surface area contributed by atoms with Crippen LogP contribution in [0.1, 0.15) is 24.2 Å². The third-order valence-electron chi connectivity index (χ3n) is 1.88. The van der Waals surface area contributed by atoms with Crippen LogP contribution < -0.4 is 5.32 Å². The highest BCUT2D eigenvalue weighted by Crippen LogP contribution is 2.14. The Hall–Kier alpha value is -1.58. The summed E-state index contributed by atoms with van der Waals surface area (Å²) in [5.41, 5.74) is 1.63. The van der Waals surface area contributed by atoms with E-state index in [9.17, 15) is 4.79 Å². The molecule has 1 aromatic rings. The van der Waals surface area contributed by atoms with Crippen LogP contribution in [0.25, 0.3) is 0 Å². The number of Topliss-reactive ketones (excluding diaryl/α,β-unsaturated/α-hetero) is 1. The summed E-state index contributed by atoms with van der Waals surface area (Å²) in [6.07, 6.45) is 1.57. The van der Waals surface area contributed by atoms with Gasteiger partial charge in [0.15, 0.2) is 5.78 Å². The molecule has 0 atom stereocenters. The van der Waals surface area contributed by atoms with Crippen molar-refractivity contribution in [2.45, 2.75) is 13.8 Å². The molecule has 1 aromatic heterocycles. The summed E-state index contributed by atoms with van der Waals surface area (Å²) in [5, 5.41) is 7.14. The van der Waals surface area contributed by atoms with Gasteiger partial charge in [0.25, 0.3) is 0 Å². The maximum atomic E-state index is 11.2. The molecule has 0 spiro atoms. The van der Waals surface area contributed by atoms with Gasteiger partial charge >= 0.3 is 0 Å². The van der Waals surface area contributed by atoms with Gasteiger partial charge in [0.1, 0.15) is 5.82 Å². The Morgan fingerprint density at radius 2 is 2.29 bits per heavy atom. The lowest BCUT2D eigenvalue weighted by molar-refractivity contribution is 0.101. The summed E-state index contributed by atoms with van der Waals surface area (Å²) in [6.45, 7) is 7.89. The SMILES string of the molecule is C=C(C)CNc1c(C(C)=O)cnn1C. The number of carbonyl (C=O) groups excluding carboxylic acids is 1. The van der Waals surface area contributed by atoms with Gasteiger partial charge in [-0.3, -0.25) is 9.48 Å². The fraction of sp³-hybridized carbons (Fsp3) is 0.400. The first kappa shape index (κ1) is 10.5. The number of aryl methyl sites for hydroxylation is 1. The van der Waals surface area contributed by atoms with Crippen LogP contribution in [-0.4, -0.2) is 22.1 Å². The fourth-order valence-electron chi connectivity index (χ4n) is 1.14. The van der Waals surface area contributed by atoms with Crippen LogP contribution in [0, 0.1) is 0 Å². The molecule has 1 heterocycles. The summed E-state index contributed by atoms with van der Waals surface area (Å²) in [5.74, 6) is 0.766. The predicted octanol–water partition coefficient (Wildman–Crippen LogP) is 1.61. The van der Waals surface area contributed by atoms with Gasteiger partial charge < -0.3 is 5.32 Å². The lowest BCUT2D eigenvalue weighted by atomic mass is 10.2. The van der Waals surface area contributed by atoms with E-state index < -0.39 is 0 Å². The summed E-state index contributed by atoms with van der Waals surface area (Å²) in [7, 11) is 1.80. The molecule has 4 heteroatoms. The van der Waals surface area contributed by atoms with Crippen molar-refractivity contribution in [1.82, 2.24) is 9.78 Å². The highest BCUT2D eigenvalue weighted by atomic mass is 16.1. The van der Waals surface area contributed by atoms with E-state index >= 15 is 0 Å². The van der Waals surface area contributed by atoms with Crippen LogP contribution in [0.2, 0.25) is 0 Å². The summed E-state index contributed by atoms with van der Waals surface area (Å²) < 4.78 is 1.65. The molecule has 1 rings (SSSR count). The van der Waals surface area contributed by atoms with Gasteiger partial charge in [-0.2, -0.15) is 5.10 Å². The quantitative estimate of drug-likeness (QED) is 0.583. The van der Waals surface area contributed by atoms with Crippen molar-refractivity contribution in [2.24, 2.45) is 7.05 Å². The van der Waals surface area contributed by atoms with Crippen LogP contribution in [0.3, 0.4) is 0 Å². The Morgan fingerprint density at radius 3 is 2.79 bits per heavy atom. The zero-order chi connectivity index (χ0) is 10.7. The first-order chi connectivity index (χ1) is 6.52.